The molecule has 0 saturated carbocycles. The fourth-order valence-corrected chi connectivity index (χ4v) is 1.28. The van der Waals surface area contributed by atoms with Gasteiger partial charge in [-0.15, -0.1) is 0 Å². The minimum atomic E-state index is -0.547. The van der Waals surface area contributed by atoms with Crippen LogP contribution in [0.1, 0.15) is 0 Å². The quantitative estimate of drug-likeness (QED) is 0.626. The summed E-state index contributed by atoms with van der Waals surface area (Å²) in [7, 11) is 1.48. The summed E-state index contributed by atoms with van der Waals surface area (Å²) < 4.78 is 2.72. The van der Waals surface area contributed by atoms with Crippen molar-refractivity contribution in [1.29, 1.82) is 0 Å². The molecule has 2 aromatic heterocycles. The number of hydrogen-bond acceptors (Lipinski definition) is 4. The molecule has 0 aliphatic heterocycles. The van der Waals surface area contributed by atoms with Gasteiger partial charge in [-0.25, -0.2) is 4.79 Å². The molecule has 0 radical (unpaired) electrons. The Labute approximate surface area is 90.1 Å². The number of nitrogens with two attached hydrogens (primary N) is 1. The first-order valence-electron chi connectivity index (χ1n) is 4.58. The van der Waals surface area contributed by atoms with Crippen LogP contribution in [0.15, 0.2) is 34.1 Å². The minimum absolute atomic E-state index is 0.0856. The molecule has 0 aliphatic rings. The van der Waals surface area contributed by atoms with Gasteiger partial charge in [0.25, 0.3) is 5.56 Å². The monoisotopic (exact) mass is 221 g/mol. The number of H-pyrrole nitrogens is 1. The molecule has 16 heavy (non-hydrogen) atoms. The second kappa shape index (κ2) is 3.61. The van der Waals surface area contributed by atoms with Crippen LogP contribution in [0.4, 0.5) is 11.5 Å². The molecular weight excluding hydrogens is 210 g/mol. The standard InChI is InChI=1S/C9H11N5O2/c1-13-7(10)6(8(15)11-9(13)16)12-14-4-2-3-5-14/h2-5,12H,10H2,1H3,(H,11,15,16). The summed E-state index contributed by atoms with van der Waals surface area (Å²) in [5.74, 6) is 0.0856. The number of nitrogens with zero attached hydrogens (tertiary/aromatic N) is 2. The van der Waals surface area contributed by atoms with Gasteiger partial charge < -0.3 is 5.73 Å². The van der Waals surface area contributed by atoms with Crippen molar-refractivity contribution in [3.63, 3.8) is 0 Å². The van der Waals surface area contributed by atoms with E-state index in [1.54, 1.807) is 29.2 Å². The molecule has 2 aromatic rings. The average molecular weight is 221 g/mol. The molecule has 0 amide bonds. The smallest absolute Gasteiger partial charge is 0.329 e. The van der Waals surface area contributed by atoms with Crippen molar-refractivity contribution in [2.24, 2.45) is 7.05 Å². The van der Waals surface area contributed by atoms with Gasteiger partial charge in [0.1, 0.15) is 5.82 Å². The molecule has 7 heteroatoms. The van der Waals surface area contributed by atoms with Crippen LogP contribution in [-0.2, 0) is 7.05 Å². The second-order valence-corrected chi connectivity index (χ2v) is 3.28. The van der Waals surface area contributed by atoms with Crippen molar-refractivity contribution >= 4 is 11.5 Å². The lowest BCUT2D eigenvalue weighted by Crippen LogP contribution is -2.33. The van der Waals surface area contributed by atoms with E-state index in [2.05, 4.69) is 10.4 Å². The van der Waals surface area contributed by atoms with Crippen LogP contribution in [0.25, 0.3) is 0 Å². The molecule has 0 unspecified atom stereocenters. The molecule has 0 saturated heterocycles. The van der Waals surface area contributed by atoms with Gasteiger partial charge in [0, 0.05) is 19.4 Å². The Hall–Kier alpha value is -2.44. The lowest BCUT2D eigenvalue weighted by molar-refractivity contribution is 0.807. The van der Waals surface area contributed by atoms with Crippen LogP contribution in [0.5, 0.6) is 0 Å². The molecule has 7 nitrogen and oxygen atoms in total. The summed E-state index contributed by atoms with van der Waals surface area (Å²) >= 11 is 0. The molecule has 0 spiro atoms. The molecule has 4 N–H and O–H groups in total. The second-order valence-electron chi connectivity index (χ2n) is 3.28. The van der Waals surface area contributed by atoms with Gasteiger partial charge in [0.15, 0.2) is 5.69 Å². The summed E-state index contributed by atoms with van der Waals surface area (Å²) in [5.41, 5.74) is 7.49. The number of aromatic nitrogens is 3. The molecule has 0 bridgehead atoms. The zero-order valence-electron chi connectivity index (χ0n) is 8.60. The van der Waals surface area contributed by atoms with Crippen LogP contribution < -0.4 is 22.4 Å². The molecular formula is C9H11N5O2. The van der Waals surface area contributed by atoms with Crippen LogP contribution in [0.3, 0.4) is 0 Å². The number of nitrogen functional groups attached to an aromatic ring is 1. The largest absolute Gasteiger partial charge is 0.383 e. The van der Waals surface area contributed by atoms with Crippen molar-refractivity contribution in [3.05, 3.63) is 45.4 Å². The highest BCUT2D eigenvalue weighted by atomic mass is 16.2. The van der Waals surface area contributed by atoms with Gasteiger partial charge in [-0.05, 0) is 12.1 Å². The SMILES string of the molecule is Cn1c(N)c(Nn2cccc2)c(=O)[nH]c1=O. The van der Waals surface area contributed by atoms with E-state index in [1.807, 2.05) is 0 Å². The Kier molecular flexibility index (Phi) is 2.28. The highest BCUT2D eigenvalue weighted by molar-refractivity contribution is 5.59. The normalized spacial score (nSPS) is 10.3. The predicted octanol–water partition coefficient (Wildman–Crippen LogP) is -0.668. The van der Waals surface area contributed by atoms with E-state index in [0.717, 1.165) is 4.57 Å². The first kappa shape index (κ1) is 10.1. The van der Waals surface area contributed by atoms with Crippen LogP contribution >= 0.6 is 0 Å². The van der Waals surface area contributed by atoms with Crippen molar-refractivity contribution < 1.29 is 0 Å². The maximum atomic E-state index is 11.5. The third-order valence-corrected chi connectivity index (χ3v) is 2.22. The van der Waals surface area contributed by atoms with Gasteiger partial charge >= 0.3 is 5.69 Å². The maximum absolute atomic E-state index is 11.5. The number of nitrogens with one attached hydrogen (secondary N) is 2. The molecule has 84 valence electrons. The van der Waals surface area contributed by atoms with Crippen LogP contribution in [0, 0.1) is 0 Å². The van der Waals surface area contributed by atoms with Crippen LogP contribution in [0.2, 0.25) is 0 Å². The zero-order chi connectivity index (χ0) is 11.7. The lowest BCUT2D eigenvalue weighted by atomic mass is 10.5. The summed E-state index contributed by atoms with van der Waals surface area (Å²) in [6.45, 7) is 0. The molecule has 0 atom stereocenters. The lowest BCUT2D eigenvalue weighted by Gasteiger charge is -2.11. The van der Waals surface area contributed by atoms with E-state index in [-0.39, 0.29) is 11.5 Å². The minimum Gasteiger partial charge on any atom is -0.383 e. The Balaban J connectivity index is 2.53. The molecule has 0 aromatic carbocycles. The summed E-state index contributed by atoms with van der Waals surface area (Å²) in [5, 5.41) is 0. The van der Waals surface area contributed by atoms with E-state index in [9.17, 15) is 9.59 Å². The Bertz CT molecular complexity index is 608. The fourth-order valence-electron chi connectivity index (χ4n) is 1.28. The first-order chi connectivity index (χ1) is 7.59. The van der Waals surface area contributed by atoms with Crippen molar-refractivity contribution in [3.8, 4) is 0 Å². The summed E-state index contributed by atoms with van der Waals surface area (Å²) in [4.78, 5) is 24.9. The third kappa shape index (κ3) is 1.58. The highest BCUT2D eigenvalue weighted by Crippen LogP contribution is 2.08. The van der Waals surface area contributed by atoms with Gasteiger partial charge in [-0.3, -0.25) is 24.4 Å². The van der Waals surface area contributed by atoms with Gasteiger partial charge in [0.2, 0.25) is 0 Å². The number of hydrogen-bond donors (Lipinski definition) is 3. The van der Waals surface area contributed by atoms with E-state index in [1.165, 1.54) is 7.05 Å². The Morgan fingerprint density at radius 2 is 1.94 bits per heavy atom. The maximum Gasteiger partial charge on any atom is 0.329 e. The van der Waals surface area contributed by atoms with Gasteiger partial charge in [-0.2, -0.15) is 0 Å². The molecule has 2 rings (SSSR count). The Morgan fingerprint density at radius 3 is 2.56 bits per heavy atom. The molecule has 0 fully saturated rings. The number of rotatable bonds is 2. The van der Waals surface area contributed by atoms with E-state index < -0.39 is 11.2 Å². The van der Waals surface area contributed by atoms with E-state index in [4.69, 9.17) is 5.73 Å². The number of anilines is 2. The fraction of sp³-hybridized carbons (Fsp3) is 0.111. The predicted molar refractivity (Wildman–Crippen MR) is 60.2 cm³/mol. The number of aromatic amines is 1. The first-order valence-corrected chi connectivity index (χ1v) is 4.58. The average Bonchev–Trinajstić information content (AvgIpc) is 2.74. The van der Waals surface area contributed by atoms with E-state index in [0.29, 0.717) is 0 Å². The van der Waals surface area contributed by atoms with E-state index >= 15 is 0 Å². The highest BCUT2D eigenvalue weighted by Gasteiger charge is 2.09. The molecule has 2 heterocycles. The molecule has 0 aliphatic carbocycles. The van der Waals surface area contributed by atoms with Crippen molar-refractivity contribution in [2.75, 3.05) is 11.2 Å². The summed E-state index contributed by atoms with van der Waals surface area (Å²) in [6, 6.07) is 3.58. The third-order valence-electron chi connectivity index (χ3n) is 2.22. The summed E-state index contributed by atoms with van der Waals surface area (Å²) in [6.07, 6.45) is 3.42. The topological polar surface area (TPSA) is 97.8 Å². The van der Waals surface area contributed by atoms with Gasteiger partial charge in [0.05, 0.1) is 0 Å². The van der Waals surface area contributed by atoms with Gasteiger partial charge in [-0.1, -0.05) is 0 Å². The van der Waals surface area contributed by atoms with Crippen molar-refractivity contribution in [1.82, 2.24) is 14.2 Å². The van der Waals surface area contributed by atoms with Crippen molar-refractivity contribution in [2.45, 2.75) is 0 Å². The zero-order valence-corrected chi connectivity index (χ0v) is 8.60. The Morgan fingerprint density at radius 1 is 1.31 bits per heavy atom. The van der Waals surface area contributed by atoms with Crippen LogP contribution in [-0.4, -0.2) is 14.2 Å².